The van der Waals surface area contributed by atoms with E-state index in [4.69, 9.17) is 9.84 Å². The first-order valence-electron chi connectivity index (χ1n) is 6.96. The summed E-state index contributed by atoms with van der Waals surface area (Å²) in [5.41, 5.74) is 0.420. The molecule has 1 aliphatic carbocycles. The van der Waals surface area contributed by atoms with Crippen LogP contribution in [0, 0.1) is 5.82 Å². The molecular formula is C16H21FO3. The highest BCUT2D eigenvalue weighted by Crippen LogP contribution is 2.43. The lowest BCUT2D eigenvalue weighted by Gasteiger charge is -2.30. The summed E-state index contributed by atoms with van der Waals surface area (Å²) >= 11 is 0. The Morgan fingerprint density at radius 3 is 2.35 bits per heavy atom. The van der Waals surface area contributed by atoms with E-state index in [0.717, 1.165) is 18.4 Å². The van der Waals surface area contributed by atoms with Crippen LogP contribution in [0.4, 0.5) is 9.18 Å². The van der Waals surface area contributed by atoms with E-state index in [1.807, 2.05) is 26.8 Å². The lowest BCUT2D eigenvalue weighted by Crippen LogP contribution is -2.29. The molecule has 0 amide bonds. The Morgan fingerprint density at radius 1 is 1.25 bits per heavy atom. The molecular weight excluding hydrogens is 259 g/mol. The zero-order valence-corrected chi connectivity index (χ0v) is 12.2. The van der Waals surface area contributed by atoms with Crippen molar-refractivity contribution >= 4 is 6.16 Å². The van der Waals surface area contributed by atoms with Gasteiger partial charge in [-0.3, -0.25) is 0 Å². The Hall–Kier alpha value is -1.58. The van der Waals surface area contributed by atoms with Crippen LogP contribution in [-0.2, 0) is 15.8 Å². The van der Waals surface area contributed by atoms with E-state index in [1.54, 1.807) is 0 Å². The Bertz CT molecular complexity index is 511. The maximum absolute atomic E-state index is 13.9. The van der Waals surface area contributed by atoms with Gasteiger partial charge in [0.1, 0.15) is 11.4 Å². The van der Waals surface area contributed by atoms with Crippen LogP contribution in [0.2, 0.25) is 0 Å². The van der Waals surface area contributed by atoms with Crippen LogP contribution < -0.4 is 0 Å². The third kappa shape index (κ3) is 2.94. The van der Waals surface area contributed by atoms with Gasteiger partial charge in [-0.15, -0.1) is 0 Å². The van der Waals surface area contributed by atoms with E-state index in [0.29, 0.717) is 18.4 Å². The standard InChI is InChI=1S/C16H21FO3/c1-15(2,3)11-8-12(10-13(17)9-11)16(20-14(18)19)6-4-5-7-16/h8-10H,4-7H2,1-3H3,(H,18,19). The van der Waals surface area contributed by atoms with Crippen LogP contribution >= 0.6 is 0 Å². The summed E-state index contributed by atoms with van der Waals surface area (Å²) in [6.45, 7) is 6.01. The van der Waals surface area contributed by atoms with Gasteiger partial charge in [0.25, 0.3) is 0 Å². The molecule has 0 spiro atoms. The van der Waals surface area contributed by atoms with Crippen molar-refractivity contribution < 1.29 is 19.0 Å². The van der Waals surface area contributed by atoms with Crippen LogP contribution in [0.15, 0.2) is 18.2 Å². The molecule has 20 heavy (non-hydrogen) atoms. The summed E-state index contributed by atoms with van der Waals surface area (Å²) in [4.78, 5) is 11.0. The smallest absolute Gasteiger partial charge is 0.450 e. The molecule has 0 aromatic heterocycles. The number of hydrogen-bond acceptors (Lipinski definition) is 2. The molecule has 0 aliphatic heterocycles. The van der Waals surface area contributed by atoms with E-state index in [1.165, 1.54) is 12.1 Å². The van der Waals surface area contributed by atoms with E-state index >= 15 is 0 Å². The van der Waals surface area contributed by atoms with E-state index < -0.39 is 11.8 Å². The lowest BCUT2D eigenvalue weighted by atomic mass is 9.82. The van der Waals surface area contributed by atoms with Gasteiger partial charge in [-0.2, -0.15) is 0 Å². The van der Waals surface area contributed by atoms with Crippen LogP contribution in [0.5, 0.6) is 0 Å². The number of carboxylic acid groups (broad SMARTS) is 1. The minimum atomic E-state index is -1.30. The van der Waals surface area contributed by atoms with Crippen molar-refractivity contribution in [3.05, 3.63) is 35.1 Å². The molecule has 1 saturated carbocycles. The zero-order valence-electron chi connectivity index (χ0n) is 12.2. The molecule has 1 fully saturated rings. The van der Waals surface area contributed by atoms with E-state index in [9.17, 15) is 9.18 Å². The van der Waals surface area contributed by atoms with Crippen molar-refractivity contribution in [2.24, 2.45) is 0 Å². The van der Waals surface area contributed by atoms with Gasteiger partial charge in [0.05, 0.1) is 0 Å². The largest absolute Gasteiger partial charge is 0.506 e. The number of benzene rings is 1. The lowest BCUT2D eigenvalue weighted by molar-refractivity contribution is -0.0189. The molecule has 3 nitrogen and oxygen atoms in total. The van der Waals surface area contributed by atoms with Gasteiger partial charge < -0.3 is 9.84 Å². The fraction of sp³-hybridized carbons (Fsp3) is 0.562. The monoisotopic (exact) mass is 280 g/mol. The summed E-state index contributed by atoms with van der Waals surface area (Å²) in [6, 6.07) is 4.80. The predicted octanol–water partition coefficient (Wildman–Crippen LogP) is 4.59. The van der Waals surface area contributed by atoms with E-state index in [2.05, 4.69) is 0 Å². The van der Waals surface area contributed by atoms with Crippen LogP contribution in [0.1, 0.15) is 57.6 Å². The second-order valence-electron chi connectivity index (χ2n) is 6.55. The summed E-state index contributed by atoms with van der Waals surface area (Å²) in [5, 5.41) is 8.98. The molecule has 0 unspecified atom stereocenters. The van der Waals surface area contributed by atoms with Crippen molar-refractivity contribution in [3.63, 3.8) is 0 Å². The summed E-state index contributed by atoms with van der Waals surface area (Å²) < 4.78 is 19.1. The van der Waals surface area contributed by atoms with Gasteiger partial charge in [0.15, 0.2) is 0 Å². The SMILES string of the molecule is CC(C)(C)c1cc(F)cc(C2(OC(=O)O)CCCC2)c1. The molecule has 0 atom stereocenters. The number of carbonyl (C=O) groups is 1. The molecule has 1 aromatic rings. The number of rotatable bonds is 2. The first-order chi connectivity index (χ1) is 9.23. The summed E-state index contributed by atoms with van der Waals surface area (Å²) in [5.74, 6) is -0.340. The average molecular weight is 280 g/mol. The van der Waals surface area contributed by atoms with Crippen LogP contribution in [0.3, 0.4) is 0 Å². The Labute approximate surface area is 118 Å². The number of hydrogen-bond donors (Lipinski definition) is 1. The topological polar surface area (TPSA) is 46.5 Å². The zero-order chi connectivity index (χ0) is 15.0. The molecule has 0 heterocycles. The van der Waals surface area contributed by atoms with Crippen molar-refractivity contribution in [2.45, 2.75) is 57.5 Å². The third-order valence-electron chi connectivity index (χ3n) is 3.98. The minimum absolute atomic E-state index is 0.195. The van der Waals surface area contributed by atoms with Gasteiger partial charge in [0, 0.05) is 0 Å². The number of halogens is 1. The van der Waals surface area contributed by atoms with Gasteiger partial charge in [0.2, 0.25) is 0 Å². The highest BCUT2D eigenvalue weighted by atomic mass is 19.1. The Morgan fingerprint density at radius 2 is 1.85 bits per heavy atom. The van der Waals surface area contributed by atoms with Gasteiger partial charge in [-0.1, -0.05) is 26.8 Å². The maximum Gasteiger partial charge on any atom is 0.506 e. The number of ether oxygens (including phenoxy) is 1. The average Bonchev–Trinajstić information content (AvgIpc) is 2.76. The molecule has 0 radical (unpaired) electrons. The van der Waals surface area contributed by atoms with Crippen molar-refractivity contribution in [3.8, 4) is 0 Å². The highest BCUT2D eigenvalue weighted by Gasteiger charge is 2.40. The molecule has 0 saturated heterocycles. The minimum Gasteiger partial charge on any atom is -0.450 e. The molecule has 1 aliphatic rings. The van der Waals surface area contributed by atoms with Gasteiger partial charge in [-0.25, -0.2) is 9.18 Å². The fourth-order valence-corrected chi connectivity index (χ4v) is 2.85. The molecule has 0 bridgehead atoms. The Kier molecular flexibility index (Phi) is 3.76. The van der Waals surface area contributed by atoms with Gasteiger partial charge >= 0.3 is 6.16 Å². The molecule has 2 rings (SSSR count). The summed E-state index contributed by atoms with van der Waals surface area (Å²) in [7, 11) is 0. The second kappa shape index (κ2) is 5.08. The molecule has 1 aromatic carbocycles. The predicted molar refractivity (Wildman–Crippen MR) is 74.4 cm³/mol. The first-order valence-corrected chi connectivity index (χ1v) is 6.96. The summed E-state index contributed by atoms with van der Waals surface area (Å²) in [6.07, 6.45) is 1.73. The van der Waals surface area contributed by atoms with E-state index in [-0.39, 0.29) is 11.2 Å². The highest BCUT2D eigenvalue weighted by molar-refractivity contribution is 5.58. The Balaban J connectivity index is 2.49. The third-order valence-corrected chi connectivity index (χ3v) is 3.98. The first kappa shape index (κ1) is 14.8. The maximum atomic E-state index is 13.9. The van der Waals surface area contributed by atoms with Crippen LogP contribution in [0.25, 0.3) is 0 Å². The van der Waals surface area contributed by atoms with Crippen molar-refractivity contribution in [2.75, 3.05) is 0 Å². The normalized spacial score (nSPS) is 18.0. The second-order valence-corrected chi connectivity index (χ2v) is 6.55. The van der Waals surface area contributed by atoms with Crippen molar-refractivity contribution in [1.82, 2.24) is 0 Å². The molecule has 4 heteroatoms. The van der Waals surface area contributed by atoms with Gasteiger partial charge in [-0.05, 0) is 54.4 Å². The quantitative estimate of drug-likeness (QED) is 0.806. The molecule has 110 valence electrons. The molecule has 1 N–H and O–H groups in total. The van der Waals surface area contributed by atoms with Crippen LogP contribution in [-0.4, -0.2) is 11.3 Å². The van der Waals surface area contributed by atoms with Crippen molar-refractivity contribution in [1.29, 1.82) is 0 Å². The fourth-order valence-electron chi connectivity index (χ4n) is 2.85.